The molecule has 2 aliphatic heterocycles. The van der Waals surface area contributed by atoms with Gasteiger partial charge in [-0.05, 0) is 29.8 Å². The SMILES string of the molecule is Fc1cc(Cl)cc(COC2COc3ccccc3C2N2CCNCC2)c1.O=C(O)C(O)(C(=O)c1ccccc1)C(O)(C(=O)O)C(=O)c1ccccc1. The third-order valence-corrected chi connectivity index (χ3v) is 9.01. The summed E-state index contributed by atoms with van der Waals surface area (Å²) in [5.74, 6) is -7.45. The predicted molar refractivity (Wildman–Crippen MR) is 186 cm³/mol. The number of hydrogen-bond acceptors (Lipinski definition) is 10. The molecule has 1 fully saturated rings. The molecule has 4 unspecified atom stereocenters. The van der Waals surface area contributed by atoms with E-state index in [2.05, 4.69) is 16.3 Å². The fraction of sp³-hybridized carbons (Fsp3) is 0.263. The Morgan fingerprint density at radius 1 is 0.808 bits per heavy atom. The number of halogens is 2. The number of hydrogen-bond donors (Lipinski definition) is 5. The van der Waals surface area contributed by atoms with Crippen LogP contribution in [-0.2, 0) is 20.9 Å². The number of ketones is 2. The maximum absolute atomic E-state index is 13.6. The molecule has 4 aromatic rings. The molecule has 2 aliphatic rings. The van der Waals surface area contributed by atoms with Crippen LogP contribution < -0.4 is 10.1 Å². The zero-order chi connectivity index (χ0) is 37.5. The standard InChI is InChI=1S/C20H22ClFN2O2.C18H14O8/c21-15-9-14(10-16(22)11-15)12-25-19-13-26-18-4-2-1-3-17(18)20(19)24-7-5-23-6-8-24;19-13(11-7-3-1-4-8-11)17(25,15(21)22)18(26,16(23)24)14(20)12-9-5-2-6-10-12/h1-4,9-11,19-20,23H,5-8,12-13H2;1-10,25-26H,(H,21,22)(H,23,24). The lowest BCUT2D eigenvalue weighted by atomic mass is 9.73. The molecule has 52 heavy (non-hydrogen) atoms. The Bertz CT molecular complexity index is 1820. The van der Waals surface area contributed by atoms with Gasteiger partial charge in [-0.15, -0.1) is 0 Å². The van der Waals surface area contributed by atoms with Crippen molar-refractivity contribution in [1.29, 1.82) is 0 Å². The van der Waals surface area contributed by atoms with Crippen LogP contribution in [0.4, 0.5) is 4.39 Å². The predicted octanol–water partition coefficient (Wildman–Crippen LogP) is 3.79. The fourth-order valence-corrected chi connectivity index (χ4v) is 6.42. The number of aliphatic carboxylic acids is 2. The van der Waals surface area contributed by atoms with E-state index in [-0.39, 0.29) is 18.0 Å². The molecular weight excluding hydrogens is 699 g/mol. The summed E-state index contributed by atoms with van der Waals surface area (Å²) in [5.41, 5.74) is -6.80. The second-order valence-corrected chi connectivity index (χ2v) is 12.6. The number of piperazine rings is 1. The van der Waals surface area contributed by atoms with Crippen molar-refractivity contribution >= 4 is 35.1 Å². The second-order valence-electron chi connectivity index (χ2n) is 12.1. The number of Topliss-reactive ketones (excluding diaryl/α,β-unsaturated/α-hetero) is 2. The molecule has 5 N–H and O–H groups in total. The highest BCUT2D eigenvalue weighted by molar-refractivity contribution is 6.30. The molecule has 2 heterocycles. The Morgan fingerprint density at radius 2 is 1.33 bits per heavy atom. The van der Waals surface area contributed by atoms with Gasteiger partial charge in [0.15, 0.2) is 0 Å². The van der Waals surface area contributed by atoms with Crippen molar-refractivity contribution in [2.45, 2.75) is 30.0 Å². The Balaban J connectivity index is 0.000000201. The number of benzene rings is 4. The number of rotatable bonds is 11. The maximum atomic E-state index is 13.6. The van der Waals surface area contributed by atoms with Gasteiger partial charge in [-0.3, -0.25) is 14.5 Å². The van der Waals surface area contributed by atoms with Crippen LogP contribution in [0.15, 0.2) is 103 Å². The number of para-hydroxylation sites is 1. The van der Waals surface area contributed by atoms with Crippen LogP contribution in [0.5, 0.6) is 5.75 Å². The van der Waals surface area contributed by atoms with Gasteiger partial charge < -0.3 is 35.2 Å². The number of fused-ring (bicyclic) bond motifs is 1. The number of nitrogens with zero attached hydrogens (tertiary/aromatic N) is 1. The lowest BCUT2D eigenvalue weighted by Gasteiger charge is -2.42. The molecule has 0 spiro atoms. The van der Waals surface area contributed by atoms with Crippen LogP contribution in [-0.4, -0.2) is 98.9 Å². The van der Waals surface area contributed by atoms with Gasteiger partial charge in [0.2, 0.25) is 11.6 Å². The molecule has 0 aliphatic carbocycles. The van der Waals surface area contributed by atoms with Crippen molar-refractivity contribution in [1.82, 2.24) is 10.2 Å². The van der Waals surface area contributed by atoms with E-state index in [0.29, 0.717) is 18.2 Å². The third kappa shape index (κ3) is 7.89. The first kappa shape index (κ1) is 38.2. The van der Waals surface area contributed by atoms with Crippen molar-refractivity contribution in [3.8, 4) is 5.75 Å². The first-order valence-corrected chi connectivity index (χ1v) is 16.6. The van der Waals surface area contributed by atoms with Crippen LogP contribution in [0.1, 0.15) is 37.9 Å². The number of carbonyl (C=O) groups excluding carboxylic acids is 2. The molecule has 0 bridgehead atoms. The summed E-state index contributed by atoms with van der Waals surface area (Å²) in [7, 11) is 0. The quantitative estimate of drug-likeness (QED) is 0.111. The summed E-state index contributed by atoms with van der Waals surface area (Å²) in [6.07, 6.45) is -0.120. The van der Waals surface area contributed by atoms with Gasteiger partial charge >= 0.3 is 11.9 Å². The van der Waals surface area contributed by atoms with Crippen molar-refractivity contribution in [3.05, 3.63) is 136 Å². The highest BCUT2D eigenvalue weighted by Gasteiger charge is 2.69. The van der Waals surface area contributed by atoms with E-state index in [0.717, 1.165) is 67.3 Å². The fourth-order valence-electron chi connectivity index (χ4n) is 6.18. The van der Waals surface area contributed by atoms with Crippen molar-refractivity contribution in [2.75, 3.05) is 32.8 Å². The highest BCUT2D eigenvalue weighted by atomic mass is 35.5. The molecule has 14 heteroatoms. The number of nitrogens with one attached hydrogen (secondary N) is 1. The maximum Gasteiger partial charge on any atom is 0.348 e. The molecular formula is C38H36ClFN2O10. The van der Waals surface area contributed by atoms with Crippen LogP contribution in [0.2, 0.25) is 5.02 Å². The molecule has 0 radical (unpaired) electrons. The number of carbonyl (C=O) groups is 4. The average Bonchev–Trinajstić information content (AvgIpc) is 3.16. The van der Waals surface area contributed by atoms with Gasteiger partial charge in [0, 0.05) is 47.9 Å². The smallest absolute Gasteiger partial charge is 0.348 e. The molecule has 4 atom stereocenters. The van der Waals surface area contributed by atoms with Crippen LogP contribution in [0.3, 0.4) is 0 Å². The van der Waals surface area contributed by atoms with Gasteiger partial charge in [-0.25, -0.2) is 14.0 Å². The van der Waals surface area contributed by atoms with E-state index in [4.69, 9.17) is 21.1 Å². The number of aliphatic hydroxyl groups is 2. The number of carboxylic acids is 2. The van der Waals surface area contributed by atoms with E-state index in [1.807, 2.05) is 18.2 Å². The van der Waals surface area contributed by atoms with E-state index in [1.54, 1.807) is 6.07 Å². The number of carboxylic acid groups (broad SMARTS) is 2. The summed E-state index contributed by atoms with van der Waals surface area (Å²) in [6, 6.07) is 25.6. The summed E-state index contributed by atoms with van der Waals surface area (Å²) >= 11 is 5.95. The summed E-state index contributed by atoms with van der Waals surface area (Å²) < 4.78 is 25.7. The van der Waals surface area contributed by atoms with Crippen molar-refractivity contribution in [3.63, 3.8) is 0 Å². The van der Waals surface area contributed by atoms with Gasteiger partial charge in [0.05, 0.1) is 12.6 Å². The third-order valence-electron chi connectivity index (χ3n) is 8.80. The first-order chi connectivity index (χ1) is 24.9. The van der Waals surface area contributed by atoms with Gasteiger partial charge in [-0.2, -0.15) is 0 Å². The Labute approximate surface area is 303 Å². The zero-order valence-corrected chi connectivity index (χ0v) is 28.4. The minimum Gasteiger partial charge on any atom is -0.490 e. The Kier molecular flexibility index (Phi) is 12.2. The zero-order valence-electron chi connectivity index (χ0n) is 27.7. The summed E-state index contributed by atoms with van der Waals surface area (Å²) in [6.45, 7) is 4.64. The lowest BCUT2D eigenvalue weighted by molar-refractivity contribution is -0.187. The summed E-state index contributed by atoms with van der Waals surface area (Å²) in [4.78, 5) is 51.0. The van der Waals surface area contributed by atoms with Crippen molar-refractivity contribution < 1.29 is 53.5 Å². The second kappa shape index (κ2) is 16.5. The lowest BCUT2D eigenvalue weighted by Crippen LogP contribution is -2.71. The van der Waals surface area contributed by atoms with Crippen LogP contribution in [0.25, 0.3) is 0 Å². The molecule has 0 amide bonds. The summed E-state index contributed by atoms with van der Waals surface area (Å²) in [5, 5.41) is 43.6. The molecule has 0 aromatic heterocycles. The molecule has 272 valence electrons. The van der Waals surface area contributed by atoms with E-state index >= 15 is 0 Å². The van der Waals surface area contributed by atoms with Crippen LogP contribution >= 0.6 is 11.6 Å². The van der Waals surface area contributed by atoms with E-state index in [1.165, 1.54) is 48.5 Å². The highest BCUT2D eigenvalue weighted by Crippen LogP contribution is 2.38. The topological polar surface area (TPSA) is 183 Å². The molecule has 1 saturated heterocycles. The van der Waals surface area contributed by atoms with Gasteiger partial charge in [-0.1, -0.05) is 90.5 Å². The number of ether oxygens (including phenoxy) is 2. The molecule has 12 nitrogen and oxygen atoms in total. The van der Waals surface area contributed by atoms with Crippen LogP contribution in [0, 0.1) is 5.82 Å². The van der Waals surface area contributed by atoms with Crippen molar-refractivity contribution in [2.24, 2.45) is 0 Å². The Hall–Kier alpha value is -5.02. The normalized spacial score (nSPS) is 19.3. The molecule has 6 rings (SSSR count). The molecule has 4 aromatic carbocycles. The largest absolute Gasteiger partial charge is 0.490 e. The Morgan fingerprint density at radius 3 is 1.85 bits per heavy atom. The van der Waals surface area contributed by atoms with E-state index < -0.39 is 45.8 Å². The minimum atomic E-state index is -3.95. The van der Waals surface area contributed by atoms with E-state index in [9.17, 15) is 44.0 Å². The average molecular weight is 735 g/mol. The monoisotopic (exact) mass is 734 g/mol. The van der Waals surface area contributed by atoms with Gasteiger partial charge in [0.25, 0.3) is 11.2 Å². The molecule has 0 saturated carbocycles. The first-order valence-electron chi connectivity index (χ1n) is 16.2. The minimum absolute atomic E-state index is 0.120. The van der Waals surface area contributed by atoms with Gasteiger partial charge in [0.1, 0.15) is 24.3 Å².